The van der Waals surface area contributed by atoms with E-state index in [9.17, 15) is 9.59 Å². The standard InChI is InChI=1S/C18H25N3O3S/c1-6-24-17(23)10(2)21-16(22)14-12-8-7-11(18(3,4)5)9-13(12)25-15(14)19-20-21/h10-11H,6-9H2,1-5H3/t10-,11+/m0/s1. The van der Waals surface area contributed by atoms with Crippen LogP contribution in [0.2, 0.25) is 0 Å². The van der Waals surface area contributed by atoms with Crippen molar-refractivity contribution in [2.75, 3.05) is 6.61 Å². The topological polar surface area (TPSA) is 74.1 Å². The van der Waals surface area contributed by atoms with Crippen molar-refractivity contribution in [3.63, 3.8) is 0 Å². The zero-order chi connectivity index (χ0) is 18.4. The molecule has 2 heterocycles. The maximum atomic E-state index is 12.9. The molecule has 0 spiro atoms. The van der Waals surface area contributed by atoms with Crippen LogP contribution < -0.4 is 5.56 Å². The summed E-state index contributed by atoms with van der Waals surface area (Å²) >= 11 is 1.57. The minimum absolute atomic E-state index is 0.239. The minimum atomic E-state index is -0.772. The molecule has 2 aromatic rings. The van der Waals surface area contributed by atoms with Gasteiger partial charge in [-0.25, -0.2) is 4.79 Å². The van der Waals surface area contributed by atoms with Gasteiger partial charge in [0.15, 0.2) is 10.9 Å². The van der Waals surface area contributed by atoms with E-state index in [0.29, 0.717) is 16.1 Å². The van der Waals surface area contributed by atoms with Gasteiger partial charge in [-0.15, -0.1) is 16.4 Å². The van der Waals surface area contributed by atoms with E-state index in [4.69, 9.17) is 4.74 Å². The second kappa shape index (κ2) is 6.52. The molecule has 25 heavy (non-hydrogen) atoms. The first kappa shape index (κ1) is 18.0. The summed E-state index contributed by atoms with van der Waals surface area (Å²) < 4.78 is 6.16. The third-order valence-corrected chi connectivity index (χ3v) is 6.26. The Labute approximate surface area is 151 Å². The van der Waals surface area contributed by atoms with Gasteiger partial charge in [-0.2, -0.15) is 4.68 Å². The molecule has 0 aromatic carbocycles. The van der Waals surface area contributed by atoms with E-state index in [1.54, 1.807) is 25.2 Å². The SMILES string of the molecule is CCOC(=O)[C@H](C)n1nnc2sc3c(c2c1=O)CC[C@@H](C(C)(C)C)C3. The fraction of sp³-hybridized carbons (Fsp3) is 0.667. The summed E-state index contributed by atoms with van der Waals surface area (Å²) in [7, 11) is 0. The predicted octanol–water partition coefficient (Wildman–Crippen LogP) is 3.13. The van der Waals surface area contributed by atoms with Crippen LogP contribution in [0, 0.1) is 11.3 Å². The molecule has 1 aliphatic carbocycles. The van der Waals surface area contributed by atoms with Crippen LogP contribution >= 0.6 is 11.3 Å². The molecule has 0 saturated heterocycles. The fourth-order valence-electron chi connectivity index (χ4n) is 3.46. The number of aromatic nitrogens is 3. The second-order valence-corrected chi connectivity index (χ2v) is 8.84. The van der Waals surface area contributed by atoms with Gasteiger partial charge >= 0.3 is 5.97 Å². The molecule has 1 aliphatic rings. The van der Waals surface area contributed by atoms with Crippen molar-refractivity contribution in [1.82, 2.24) is 15.0 Å². The van der Waals surface area contributed by atoms with E-state index in [0.717, 1.165) is 29.5 Å². The largest absolute Gasteiger partial charge is 0.464 e. The highest BCUT2D eigenvalue weighted by atomic mass is 32.1. The third kappa shape index (κ3) is 3.21. The molecule has 0 amide bonds. The van der Waals surface area contributed by atoms with Gasteiger partial charge in [-0.3, -0.25) is 4.79 Å². The lowest BCUT2D eigenvalue weighted by atomic mass is 9.72. The highest BCUT2D eigenvalue weighted by molar-refractivity contribution is 7.18. The van der Waals surface area contributed by atoms with Gasteiger partial charge in [0.2, 0.25) is 0 Å². The average Bonchev–Trinajstić information content (AvgIpc) is 2.92. The van der Waals surface area contributed by atoms with E-state index < -0.39 is 12.0 Å². The van der Waals surface area contributed by atoms with Gasteiger partial charge < -0.3 is 4.74 Å². The summed E-state index contributed by atoms with van der Waals surface area (Å²) in [5.41, 5.74) is 1.11. The van der Waals surface area contributed by atoms with Crippen LogP contribution in [0.5, 0.6) is 0 Å². The lowest BCUT2D eigenvalue weighted by Gasteiger charge is -2.33. The molecule has 136 valence electrons. The molecule has 2 atom stereocenters. The molecule has 0 radical (unpaired) electrons. The van der Waals surface area contributed by atoms with E-state index >= 15 is 0 Å². The van der Waals surface area contributed by atoms with Crippen molar-refractivity contribution in [1.29, 1.82) is 0 Å². The van der Waals surface area contributed by atoms with Crippen molar-refractivity contribution in [2.24, 2.45) is 11.3 Å². The lowest BCUT2D eigenvalue weighted by molar-refractivity contribution is -0.147. The van der Waals surface area contributed by atoms with Crippen molar-refractivity contribution >= 4 is 27.5 Å². The molecule has 3 rings (SSSR count). The smallest absolute Gasteiger partial charge is 0.330 e. The van der Waals surface area contributed by atoms with E-state index in [-0.39, 0.29) is 17.6 Å². The van der Waals surface area contributed by atoms with Gasteiger partial charge in [0.05, 0.1) is 12.0 Å². The molecule has 0 aliphatic heterocycles. The summed E-state index contributed by atoms with van der Waals surface area (Å²) in [6, 6.07) is -0.772. The van der Waals surface area contributed by atoms with Gasteiger partial charge in [-0.1, -0.05) is 26.0 Å². The maximum Gasteiger partial charge on any atom is 0.330 e. The number of fused-ring (bicyclic) bond motifs is 3. The normalized spacial score (nSPS) is 18.8. The number of carbonyl (C=O) groups is 1. The zero-order valence-corrected chi connectivity index (χ0v) is 16.3. The Morgan fingerprint density at radius 2 is 2.16 bits per heavy atom. The Morgan fingerprint density at radius 3 is 2.80 bits per heavy atom. The highest BCUT2D eigenvalue weighted by Crippen LogP contribution is 2.41. The molecular formula is C18H25N3O3S. The quantitative estimate of drug-likeness (QED) is 0.783. The number of nitrogens with zero attached hydrogens (tertiary/aromatic N) is 3. The summed E-state index contributed by atoms with van der Waals surface area (Å²) in [5, 5.41) is 8.84. The Kier molecular flexibility index (Phi) is 4.70. The number of rotatable bonds is 3. The summed E-state index contributed by atoms with van der Waals surface area (Å²) in [6.45, 7) is 10.4. The van der Waals surface area contributed by atoms with Crippen molar-refractivity contribution in [2.45, 2.75) is 59.9 Å². The second-order valence-electron chi connectivity index (χ2n) is 7.76. The van der Waals surface area contributed by atoms with Crippen molar-refractivity contribution in [3.05, 3.63) is 20.8 Å². The Balaban J connectivity index is 2.04. The maximum absolute atomic E-state index is 12.9. The highest BCUT2D eigenvalue weighted by Gasteiger charge is 2.32. The first-order valence-electron chi connectivity index (χ1n) is 8.80. The number of ether oxygens (including phenoxy) is 1. The number of hydrogen-bond acceptors (Lipinski definition) is 6. The third-order valence-electron chi connectivity index (χ3n) is 5.12. The van der Waals surface area contributed by atoms with Gasteiger partial charge in [0.25, 0.3) is 5.56 Å². The van der Waals surface area contributed by atoms with Crippen LogP contribution in [0.25, 0.3) is 10.2 Å². The average molecular weight is 363 g/mol. The van der Waals surface area contributed by atoms with Crippen LogP contribution in [0.4, 0.5) is 0 Å². The Hall–Kier alpha value is -1.76. The summed E-state index contributed by atoms with van der Waals surface area (Å²) in [4.78, 5) is 26.8. The lowest BCUT2D eigenvalue weighted by Crippen LogP contribution is -2.32. The fourth-order valence-corrected chi connectivity index (χ4v) is 4.70. The molecule has 6 nitrogen and oxygen atoms in total. The minimum Gasteiger partial charge on any atom is -0.464 e. The summed E-state index contributed by atoms with van der Waals surface area (Å²) in [6.07, 6.45) is 2.93. The monoisotopic (exact) mass is 363 g/mol. The predicted molar refractivity (Wildman–Crippen MR) is 98.0 cm³/mol. The molecule has 7 heteroatoms. The van der Waals surface area contributed by atoms with Crippen LogP contribution in [0.15, 0.2) is 4.79 Å². The molecule has 0 N–H and O–H groups in total. The van der Waals surface area contributed by atoms with E-state index in [1.807, 2.05) is 0 Å². The molecule has 0 bridgehead atoms. The zero-order valence-electron chi connectivity index (χ0n) is 15.5. The van der Waals surface area contributed by atoms with Crippen LogP contribution in [-0.2, 0) is 22.4 Å². The van der Waals surface area contributed by atoms with E-state index in [1.165, 1.54) is 4.88 Å². The van der Waals surface area contributed by atoms with Crippen LogP contribution in [-0.4, -0.2) is 27.6 Å². The Bertz CT molecular complexity index is 863. The van der Waals surface area contributed by atoms with Crippen LogP contribution in [0.1, 0.15) is 57.5 Å². The Morgan fingerprint density at radius 1 is 1.44 bits per heavy atom. The van der Waals surface area contributed by atoms with Crippen LogP contribution in [0.3, 0.4) is 0 Å². The van der Waals surface area contributed by atoms with Crippen molar-refractivity contribution < 1.29 is 9.53 Å². The first-order valence-corrected chi connectivity index (χ1v) is 9.62. The number of carbonyl (C=O) groups excluding carboxylic acids is 1. The summed E-state index contributed by atoms with van der Waals surface area (Å²) in [5.74, 6) is 0.136. The van der Waals surface area contributed by atoms with Gasteiger partial charge in [-0.05, 0) is 50.0 Å². The van der Waals surface area contributed by atoms with Gasteiger partial charge in [0.1, 0.15) is 0 Å². The molecule has 0 fully saturated rings. The number of thiophene rings is 1. The number of hydrogen-bond donors (Lipinski definition) is 0. The first-order chi connectivity index (χ1) is 11.7. The molecule has 0 unspecified atom stereocenters. The number of esters is 1. The van der Waals surface area contributed by atoms with Crippen molar-refractivity contribution in [3.8, 4) is 0 Å². The number of aryl methyl sites for hydroxylation is 1. The molecule has 2 aromatic heterocycles. The van der Waals surface area contributed by atoms with Gasteiger partial charge in [0, 0.05) is 4.88 Å². The molecule has 0 saturated carbocycles. The molecular weight excluding hydrogens is 338 g/mol. The van der Waals surface area contributed by atoms with E-state index in [2.05, 4.69) is 31.1 Å².